The molecule has 2 nitrogen and oxygen atoms in total. The van der Waals surface area contributed by atoms with Crippen LogP contribution in [0.3, 0.4) is 0 Å². The predicted molar refractivity (Wildman–Crippen MR) is 81.3 cm³/mol. The molecule has 0 amide bonds. The molecular weight excluding hydrogens is 322 g/mol. The molecule has 0 aliphatic carbocycles. The summed E-state index contributed by atoms with van der Waals surface area (Å²) in [6.07, 6.45) is -1.67. The maximum absolute atomic E-state index is 13.3. The largest absolute Gasteiger partial charge is 0.416 e. The van der Waals surface area contributed by atoms with Gasteiger partial charge in [0, 0.05) is 0 Å². The molecule has 0 bridgehead atoms. The van der Waals surface area contributed by atoms with Crippen LogP contribution in [0.25, 0.3) is 0 Å². The van der Waals surface area contributed by atoms with Crippen LogP contribution in [-0.4, -0.2) is 11.5 Å². The Kier molecular flexibility index (Phi) is 4.05. The molecule has 0 fully saturated rings. The maximum Gasteiger partial charge on any atom is 0.416 e. The van der Waals surface area contributed by atoms with Crippen molar-refractivity contribution in [2.45, 2.75) is 12.2 Å². The van der Waals surface area contributed by atoms with Crippen LogP contribution >= 0.6 is 0 Å². The molecule has 1 unspecified atom stereocenters. The van der Waals surface area contributed by atoms with Crippen LogP contribution in [0.15, 0.2) is 65.7 Å². The predicted octanol–water partition coefficient (Wildman–Crippen LogP) is 4.51. The van der Waals surface area contributed by atoms with Crippen molar-refractivity contribution in [2.75, 3.05) is 0 Å². The number of aliphatic imine (C=N–C) groups is 1. The lowest BCUT2D eigenvalue weighted by atomic mass is 9.97. The molecule has 6 heteroatoms. The van der Waals surface area contributed by atoms with Gasteiger partial charge >= 0.3 is 6.18 Å². The summed E-state index contributed by atoms with van der Waals surface area (Å²) >= 11 is 0. The van der Waals surface area contributed by atoms with Crippen molar-refractivity contribution < 1.29 is 22.4 Å². The summed E-state index contributed by atoms with van der Waals surface area (Å²) < 4.78 is 51.2. The molecule has 24 heavy (non-hydrogen) atoms. The molecular formula is C18H11F4NO. The summed E-state index contributed by atoms with van der Waals surface area (Å²) in [4.78, 5) is 16.3. The molecule has 122 valence electrons. The summed E-state index contributed by atoms with van der Waals surface area (Å²) in [6.45, 7) is 0. The smallest absolute Gasteiger partial charge is 0.292 e. The number of dihydropyridines is 1. The van der Waals surface area contributed by atoms with Crippen molar-refractivity contribution in [3.05, 3.63) is 83.2 Å². The minimum absolute atomic E-state index is 0.309. The van der Waals surface area contributed by atoms with Gasteiger partial charge in [0.25, 0.3) is 0 Å². The van der Waals surface area contributed by atoms with Crippen LogP contribution in [0.4, 0.5) is 17.6 Å². The van der Waals surface area contributed by atoms with E-state index in [1.165, 1.54) is 42.5 Å². The van der Waals surface area contributed by atoms with Crippen LogP contribution in [0.2, 0.25) is 0 Å². The molecule has 2 aromatic rings. The molecule has 0 saturated carbocycles. The maximum atomic E-state index is 13.3. The van der Waals surface area contributed by atoms with E-state index in [9.17, 15) is 22.4 Å². The first-order chi connectivity index (χ1) is 11.3. The Balaban J connectivity index is 1.94. The van der Waals surface area contributed by atoms with E-state index < -0.39 is 23.6 Å². The number of hydrogen-bond donors (Lipinski definition) is 0. The zero-order valence-corrected chi connectivity index (χ0v) is 12.2. The van der Waals surface area contributed by atoms with Gasteiger partial charge in [0.2, 0.25) is 0 Å². The van der Waals surface area contributed by atoms with Crippen LogP contribution < -0.4 is 0 Å². The zero-order valence-electron chi connectivity index (χ0n) is 12.2. The highest BCUT2D eigenvalue weighted by molar-refractivity contribution is 6.15. The quantitative estimate of drug-likeness (QED) is 0.743. The van der Waals surface area contributed by atoms with E-state index >= 15 is 0 Å². The first-order valence-electron chi connectivity index (χ1n) is 7.07. The van der Waals surface area contributed by atoms with Gasteiger partial charge in [-0.1, -0.05) is 24.3 Å². The summed E-state index contributed by atoms with van der Waals surface area (Å²) in [5.41, 5.74) is 0.462. The Morgan fingerprint density at radius 1 is 0.958 bits per heavy atom. The molecule has 1 atom stereocenters. The molecule has 0 N–H and O–H groups in total. The Bertz CT molecular complexity index is 835. The lowest BCUT2D eigenvalue weighted by molar-refractivity contribution is -0.137. The summed E-state index contributed by atoms with van der Waals surface area (Å²) in [7, 11) is 0. The van der Waals surface area contributed by atoms with Crippen LogP contribution in [0, 0.1) is 5.82 Å². The average Bonchev–Trinajstić information content (AvgIpc) is 2.54. The third-order valence-electron chi connectivity index (χ3n) is 3.62. The van der Waals surface area contributed by atoms with E-state index in [1.54, 1.807) is 6.07 Å². The number of carbonyl (C=O) groups excluding carboxylic acids is 1. The number of nitrogens with zero attached hydrogens (tertiary/aromatic N) is 1. The van der Waals surface area contributed by atoms with Crippen molar-refractivity contribution in [1.29, 1.82) is 0 Å². The zero-order chi connectivity index (χ0) is 17.3. The minimum atomic E-state index is -4.41. The van der Waals surface area contributed by atoms with Gasteiger partial charge < -0.3 is 0 Å². The third-order valence-corrected chi connectivity index (χ3v) is 3.62. The topological polar surface area (TPSA) is 29.4 Å². The van der Waals surface area contributed by atoms with Gasteiger partial charge in [-0.25, -0.2) is 4.39 Å². The standard InChI is InChI=1S/C18H11F4NO/c19-14-3-1-2-12(10-14)17-16(24)9-8-15(23-17)11-4-6-13(7-5-11)18(20,21)22/h1-10,17H. The van der Waals surface area contributed by atoms with Crippen molar-refractivity contribution in [2.24, 2.45) is 4.99 Å². The first kappa shape index (κ1) is 16.1. The number of hydrogen-bond acceptors (Lipinski definition) is 2. The van der Waals surface area contributed by atoms with Gasteiger partial charge in [0.1, 0.15) is 11.9 Å². The summed E-state index contributed by atoms with van der Waals surface area (Å²) in [5, 5.41) is 0. The van der Waals surface area contributed by atoms with Gasteiger partial charge in [-0.05, 0) is 47.5 Å². The monoisotopic (exact) mass is 333 g/mol. The molecule has 0 saturated heterocycles. The van der Waals surface area contributed by atoms with Gasteiger partial charge in [0.15, 0.2) is 5.78 Å². The Morgan fingerprint density at radius 3 is 2.29 bits per heavy atom. The van der Waals surface area contributed by atoms with E-state index in [4.69, 9.17) is 0 Å². The number of halogens is 4. The molecule has 2 aromatic carbocycles. The van der Waals surface area contributed by atoms with E-state index in [-0.39, 0.29) is 5.78 Å². The Hall–Kier alpha value is -2.76. The number of benzene rings is 2. The Morgan fingerprint density at radius 2 is 1.67 bits per heavy atom. The molecule has 3 rings (SSSR count). The molecule has 0 spiro atoms. The first-order valence-corrected chi connectivity index (χ1v) is 7.07. The fraction of sp³-hybridized carbons (Fsp3) is 0.111. The summed E-state index contributed by atoms with van der Waals surface area (Å²) in [5.74, 6) is -0.794. The fourth-order valence-corrected chi connectivity index (χ4v) is 2.41. The number of allylic oxidation sites excluding steroid dienone is 1. The molecule has 1 aliphatic rings. The molecule has 0 aromatic heterocycles. The molecule has 1 heterocycles. The second-order valence-electron chi connectivity index (χ2n) is 5.28. The summed E-state index contributed by atoms with van der Waals surface area (Å²) in [6, 6.07) is 9.14. The van der Waals surface area contributed by atoms with Gasteiger partial charge in [0.05, 0.1) is 11.3 Å². The van der Waals surface area contributed by atoms with Gasteiger partial charge in [-0.2, -0.15) is 13.2 Å². The number of ketones is 1. The SMILES string of the molecule is O=C1C=CC(c2ccc(C(F)(F)F)cc2)=NC1c1cccc(F)c1. The third kappa shape index (κ3) is 3.27. The van der Waals surface area contributed by atoms with Crippen molar-refractivity contribution in [3.63, 3.8) is 0 Å². The van der Waals surface area contributed by atoms with E-state index in [0.717, 1.165) is 12.1 Å². The number of rotatable bonds is 2. The second kappa shape index (κ2) is 6.03. The number of alkyl halides is 3. The van der Waals surface area contributed by atoms with Crippen LogP contribution in [0.1, 0.15) is 22.7 Å². The van der Waals surface area contributed by atoms with Crippen molar-refractivity contribution >= 4 is 11.5 Å². The van der Waals surface area contributed by atoms with Gasteiger partial charge in [-0.15, -0.1) is 0 Å². The second-order valence-corrected chi connectivity index (χ2v) is 5.28. The number of carbonyl (C=O) groups is 1. The van der Waals surface area contributed by atoms with Gasteiger partial charge in [-0.3, -0.25) is 9.79 Å². The van der Waals surface area contributed by atoms with Crippen molar-refractivity contribution in [3.8, 4) is 0 Å². The van der Waals surface area contributed by atoms with Crippen LogP contribution in [-0.2, 0) is 11.0 Å². The minimum Gasteiger partial charge on any atom is -0.292 e. The normalized spacial score (nSPS) is 17.8. The lowest BCUT2D eigenvalue weighted by Crippen LogP contribution is -2.16. The highest BCUT2D eigenvalue weighted by atomic mass is 19.4. The highest BCUT2D eigenvalue weighted by Crippen LogP contribution is 2.30. The Labute approximate surface area is 135 Å². The van der Waals surface area contributed by atoms with E-state index in [1.807, 2.05) is 0 Å². The lowest BCUT2D eigenvalue weighted by Gasteiger charge is -2.16. The molecule has 0 radical (unpaired) electrons. The van der Waals surface area contributed by atoms with E-state index in [2.05, 4.69) is 4.99 Å². The molecule has 1 aliphatic heterocycles. The average molecular weight is 333 g/mol. The van der Waals surface area contributed by atoms with Crippen LogP contribution in [0.5, 0.6) is 0 Å². The van der Waals surface area contributed by atoms with Crippen molar-refractivity contribution in [1.82, 2.24) is 0 Å². The highest BCUT2D eigenvalue weighted by Gasteiger charge is 2.30. The fourth-order valence-electron chi connectivity index (χ4n) is 2.41. The van der Waals surface area contributed by atoms with E-state index in [0.29, 0.717) is 16.8 Å².